The lowest BCUT2D eigenvalue weighted by molar-refractivity contribution is -0.120. The molecule has 0 aliphatic carbocycles. The van der Waals surface area contributed by atoms with E-state index in [9.17, 15) is 13.2 Å². The van der Waals surface area contributed by atoms with Gasteiger partial charge in [-0.3, -0.25) is 9.10 Å². The molecule has 0 unspecified atom stereocenters. The third kappa shape index (κ3) is 6.76. The van der Waals surface area contributed by atoms with Gasteiger partial charge in [-0.25, -0.2) is 8.42 Å². The van der Waals surface area contributed by atoms with E-state index < -0.39 is 15.9 Å². The van der Waals surface area contributed by atoms with E-state index in [2.05, 4.69) is 5.32 Å². The highest BCUT2D eigenvalue weighted by molar-refractivity contribution is 7.92. The number of carbonyl (C=O) groups excluding carboxylic acids is 1. The fraction of sp³-hybridized carbons (Fsp3) is 0.296. The molecule has 186 valence electrons. The third-order valence-corrected chi connectivity index (χ3v) is 7.19. The van der Waals surface area contributed by atoms with E-state index in [1.54, 1.807) is 48.5 Å². The van der Waals surface area contributed by atoms with Crippen LogP contribution in [0.4, 0.5) is 5.69 Å². The molecule has 0 saturated carbocycles. The van der Waals surface area contributed by atoms with Gasteiger partial charge in [0.05, 0.1) is 29.8 Å². The summed E-state index contributed by atoms with van der Waals surface area (Å²) in [5, 5.41) is 2.90. The number of aryl methyl sites for hydroxylation is 1. The van der Waals surface area contributed by atoms with Gasteiger partial charge >= 0.3 is 0 Å². The van der Waals surface area contributed by atoms with Crippen molar-refractivity contribution in [2.75, 3.05) is 24.1 Å². The Hall–Kier alpha value is -3.52. The first-order valence-electron chi connectivity index (χ1n) is 11.6. The molecule has 1 N–H and O–H groups in total. The number of nitrogens with one attached hydrogen (secondary N) is 1. The van der Waals surface area contributed by atoms with Crippen molar-refractivity contribution in [2.45, 2.75) is 38.6 Å². The van der Waals surface area contributed by atoms with Crippen LogP contribution >= 0.6 is 0 Å². The average Bonchev–Trinajstić information content (AvgIpc) is 2.84. The second-order valence-electron chi connectivity index (χ2n) is 8.04. The van der Waals surface area contributed by atoms with Crippen LogP contribution in [-0.2, 0) is 14.8 Å². The van der Waals surface area contributed by atoms with Crippen LogP contribution in [0.5, 0.6) is 11.5 Å². The molecule has 3 aromatic rings. The first-order chi connectivity index (χ1) is 16.7. The van der Waals surface area contributed by atoms with Crippen molar-refractivity contribution in [1.29, 1.82) is 0 Å². The molecule has 0 spiro atoms. The molecule has 0 aliphatic rings. The van der Waals surface area contributed by atoms with Gasteiger partial charge in [0.25, 0.3) is 10.0 Å². The first kappa shape index (κ1) is 26.1. The molecule has 0 bridgehead atoms. The van der Waals surface area contributed by atoms with Crippen molar-refractivity contribution < 1.29 is 22.7 Å². The molecule has 3 rings (SSSR count). The Bertz CT molecular complexity index is 1210. The molecule has 0 radical (unpaired) electrons. The van der Waals surface area contributed by atoms with Gasteiger partial charge in [-0.05, 0) is 81.8 Å². The Labute approximate surface area is 207 Å². The number of hydrogen-bond donors (Lipinski definition) is 1. The zero-order valence-electron chi connectivity index (χ0n) is 20.5. The highest BCUT2D eigenvalue weighted by Gasteiger charge is 2.27. The van der Waals surface area contributed by atoms with Gasteiger partial charge in [-0.2, -0.15) is 0 Å². The lowest BCUT2D eigenvalue weighted by Gasteiger charge is -2.25. The zero-order chi connectivity index (χ0) is 25.4. The minimum atomic E-state index is -3.99. The number of benzene rings is 3. The summed E-state index contributed by atoms with van der Waals surface area (Å²) in [4.78, 5) is 13.1. The summed E-state index contributed by atoms with van der Waals surface area (Å²) in [5.74, 6) is 0.953. The molecule has 0 aromatic heterocycles. The van der Waals surface area contributed by atoms with Gasteiger partial charge in [-0.15, -0.1) is 0 Å². The van der Waals surface area contributed by atoms with Crippen molar-refractivity contribution in [3.63, 3.8) is 0 Å². The minimum Gasteiger partial charge on any atom is -0.494 e. The molecule has 0 aliphatic heterocycles. The van der Waals surface area contributed by atoms with Crippen molar-refractivity contribution in [3.8, 4) is 11.5 Å². The Morgan fingerprint density at radius 3 is 1.89 bits per heavy atom. The summed E-state index contributed by atoms with van der Waals surface area (Å²) in [6.07, 6.45) is 0. The Balaban J connectivity index is 1.84. The number of ether oxygens (including phenoxy) is 2. The maximum atomic E-state index is 13.5. The summed E-state index contributed by atoms with van der Waals surface area (Å²) in [5.41, 5.74) is 2.20. The van der Waals surface area contributed by atoms with Gasteiger partial charge < -0.3 is 14.8 Å². The number of anilines is 1. The lowest BCUT2D eigenvalue weighted by atomic mass is 10.1. The fourth-order valence-electron chi connectivity index (χ4n) is 3.55. The number of nitrogens with zero attached hydrogens (tertiary/aromatic N) is 1. The van der Waals surface area contributed by atoms with Gasteiger partial charge in [-0.1, -0.05) is 29.8 Å². The number of hydrogen-bond acceptors (Lipinski definition) is 5. The minimum absolute atomic E-state index is 0.115. The maximum Gasteiger partial charge on any atom is 0.264 e. The van der Waals surface area contributed by atoms with Crippen LogP contribution in [0.3, 0.4) is 0 Å². The second-order valence-corrected chi connectivity index (χ2v) is 9.91. The standard InChI is InChI=1S/C27H32N2O5S/c1-5-33-24-13-9-22(10-14-24)21(4)28-27(30)19-29(23-11-15-25(16-12-23)34-6-2)35(31,32)26-17-7-20(3)8-18-26/h7-18,21H,5-6,19H2,1-4H3,(H,28,30)/t21-/m0/s1. The molecule has 1 amide bonds. The molecule has 7 nitrogen and oxygen atoms in total. The molecular weight excluding hydrogens is 464 g/mol. The van der Waals surface area contributed by atoms with Crippen LogP contribution in [0.2, 0.25) is 0 Å². The van der Waals surface area contributed by atoms with Gasteiger partial charge in [0.15, 0.2) is 0 Å². The monoisotopic (exact) mass is 496 g/mol. The predicted octanol–water partition coefficient (Wildman–Crippen LogP) is 4.87. The Morgan fingerprint density at radius 2 is 1.37 bits per heavy atom. The van der Waals surface area contributed by atoms with Gasteiger partial charge in [0, 0.05) is 0 Å². The summed E-state index contributed by atoms with van der Waals surface area (Å²) >= 11 is 0. The van der Waals surface area contributed by atoms with Crippen LogP contribution in [0.15, 0.2) is 77.7 Å². The van der Waals surface area contributed by atoms with E-state index in [1.165, 1.54) is 0 Å². The SMILES string of the molecule is CCOc1ccc([C@H](C)NC(=O)CN(c2ccc(OCC)cc2)S(=O)(=O)c2ccc(C)cc2)cc1. The summed E-state index contributed by atoms with van der Waals surface area (Å²) in [6.45, 7) is 8.22. The highest BCUT2D eigenvalue weighted by Crippen LogP contribution is 2.26. The predicted molar refractivity (Wildman–Crippen MR) is 137 cm³/mol. The Morgan fingerprint density at radius 1 is 0.857 bits per heavy atom. The number of carbonyl (C=O) groups is 1. The molecule has 3 aromatic carbocycles. The van der Waals surface area contributed by atoms with E-state index >= 15 is 0 Å². The van der Waals surface area contributed by atoms with Gasteiger partial charge in [0.2, 0.25) is 5.91 Å². The molecule has 0 fully saturated rings. The van der Waals surface area contributed by atoms with Crippen LogP contribution in [0.1, 0.15) is 37.9 Å². The second kappa shape index (κ2) is 11.8. The first-order valence-corrected chi connectivity index (χ1v) is 13.0. The summed E-state index contributed by atoms with van der Waals surface area (Å²) in [6, 6.07) is 20.3. The largest absolute Gasteiger partial charge is 0.494 e. The molecule has 8 heteroatoms. The van der Waals surface area contributed by atoms with Crippen LogP contribution in [0, 0.1) is 6.92 Å². The van der Waals surface area contributed by atoms with E-state index in [-0.39, 0.29) is 17.5 Å². The summed E-state index contributed by atoms with van der Waals surface area (Å²) < 4.78 is 39.1. The molecule has 1 atom stereocenters. The number of amides is 1. The maximum absolute atomic E-state index is 13.5. The molecule has 0 saturated heterocycles. The fourth-order valence-corrected chi connectivity index (χ4v) is 4.97. The summed E-state index contributed by atoms with van der Waals surface area (Å²) in [7, 11) is -3.99. The molecular formula is C27H32N2O5S. The van der Waals surface area contributed by atoms with E-state index in [4.69, 9.17) is 9.47 Å². The third-order valence-electron chi connectivity index (χ3n) is 5.40. The van der Waals surface area contributed by atoms with Crippen LogP contribution < -0.4 is 19.1 Å². The van der Waals surface area contributed by atoms with Crippen molar-refractivity contribution in [3.05, 3.63) is 83.9 Å². The Kier molecular flexibility index (Phi) is 8.76. The molecule has 35 heavy (non-hydrogen) atoms. The van der Waals surface area contributed by atoms with E-state index in [0.717, 1.165) is 21.2 Å². The smallest absolute Gasteiger partial charge is 0.264 e. The van der Waals surface area contributed by atoms with Gasteiger partial charge in [0.1, 0.15) is 18.0 Å². The number of rotatable bonds is 11. The average molecular weight is 497 g/mol. The van der Waals surface area contributed by atoms with Crippen molar-refractivity contribution in [2.24, 2.45) is 0 Å². The quantitative estimate of drug-likeness (QED) is 0.410. The zero-order valence-corrected chi connectivity index (χ0v) is 21.3. The van der Waals surface area contributed by atoms with Crippen LogP contribution in [0.25, 0.3) is 0 Å². The van der Waals surface area contributed by atoms with E-state index in [1.807, 2.05) is 52.0 Å². The van der Waals surface area contributed by atoms with Crippen LogP contribution in [-0.4, -0.2) is 34.1 Å². The number of sulfonamides is 1. The highest BCUT2D eigenvalue weighted by atomic mass is 32.2. The van der Waals surface area contributed by atoms with Crippen molar-refractivity contribution >= 4 is 21.6 Å². The van der Waals surface area contributed by atoms with Crippen molar-refractivity contribution in [1.82, 2.24) is 5.32 Å². The normalized spacial score (nSPS) is 12.0. The lowest BCUT2D eigenvalue weighted by Crippen LogP contribution is -2.41. The van der Waals surface area contributed by atoms with E-state index in [0.29, 0.717) is 24.7 Å². The topological polar surface area (TPSA) is 84.9 Å². The molecule has 0 heterocycles.